The molecule has 1 aliphatic heterocycles. The highest BCUT2D eigenvalue weighted by atomic mass is 32.1. The van der Waals surface area contributed by atoms with Gasteiger partial charge in [0, 0.05) is 4.88 Å². The van der Waals surface area contributed by atoms with Crippen LogP contribution < -0.4 is 14.8 Å². The maximum Gasteiger partial charge on any atom is 0.161 e. The molecule has 0 fully saturated rings. The Labute approximate surface area is 144 Å². The molecule has 6 heteroatoms. The average molecular weight is 341 g/mol. The van der Waals surface area contributed by atoms with E-state index < -0.39 is 0 Å². The highest BCUT2D eigenvalue weighted by molar-refractivity contribution is 7.18. The number of thiophene rings is 1. The van der Waals surface area contributed by atoms with E-state index in [4.69, 9.17) is 9.47 Å². The molecule has 0 amide bonds. The molecule has 5 nitrogen and oxygen atoms in total. The summed E-state index contributed by atoms with van der Waals surface area (Å²) >= 11 is 1.71. The fourth-order valence-electron chi connectivity index (χ4n) is 2.86. The average Bonchev–Trinajstić information content (AvgIpc) is 2.86. The minimum Gasteiger partial charge on any atom is -0.486 e. The van der Waals surface area contributed by atoms with Gasteiger partial charge in [-0.15, -0.1) is 11.3 Å². The third-order valence-electron chi connectivity index (χ3n) is 4.21. The number of para-hydroxylation sites is 2. The molecular formula is C18H19N3O2S. The number of benzene rings is 1. The van der Waals surface area contributed by atoms with Gasteiger partial charge in [-0.1, -0.05) is 12.1 Å². The summed E-state index contributed by atoms with van der Waals surface area (Å²) in [5.74, 6) is 3.25. The van der Waals surface area contributed by atoms with Crippen molar-refractivity contribution in [3.05, 3.63) is 40.5 Å². The first-order valence-electron chi connectivity index (χ1n) is 7.98. The number of ether oxygens (including phenoxy) is 2. The van der Waals surface area contributed by atoms with Crippen LogP contribution in [0, 0.1) is 20.8 Å². The lowest BCUT2D eigenvalue weighted by Crippen LogP contribution is -2.35. The van der Waals surface area contributed by atoms with Gasteiger partial charge in [-0.05, 0) is 38.5 Å². The molecule has 0 radical (unpaired) electrons. The Balaban J connectivity index is 1.56. The fraction of sp³-hybridized carbons (Fsp3) is 0.333. The monoisotopic (exact) mass is 341 g/mol. The van der Waals surface area contributed by atoms with Gasteiger partial charge in [-0.2, -0.15) is 0 Å². The summed E-state index contributed by atoms with van der Waals surface area (Å²) in [6.45, 7) is 7.32. The first kappa shape index (κ1) is 15.2. The smallest absolute Gasteiger partial charge is 0.161 e. The predicted octanol–water partition coefficient (Wildman–Crippen LogP) is 3.87. The van der Waals surface area contributed by atoms with E-state index in [0.717, 1.165) is 33.4 Å². The summed E-state index contributed by atoms with van der Waals surface area (Å²) in [5.41, 5.74) is 1.24. The van der Waals surface area contributed by atoms with Crippen LogP contribution in [0.3, 0.4) is 0 Å². The van der Waals surface area contributed by atoms with Crippen molar-refractivity contribution in [1.82, 2.24) is 9.97 Å². The Kier molecular flexibility index (Phi) is 3.76. The topological polar surface area (TPSA) is 56.3 Å². The van der Waals surface area contributed by atoms with Gasteiger partial charge in [0.25, 0.3) is 0 Å². The van der Waals surface area contributed by atoms with E-state index in [-0.39, 0.29) is 6.10 Å². The molecular weight excluding hydrogens is 322 g/mol. The van der Waals surface area contributed by atoms with Gasteiger partial charge in [0.05, 0.1) is 11.9 Å². The maximum atomic E-state index is 6.00. The number of nitrogens with one attached hydrogen (secondary N) is 1. The molecule has 3 heterocycles. The first-order valence-corrected chi connectivity index (χ1v) is 8.80. The molecule has 1 N–H and O–H groups in total. The first-order chi connectivity index (χ1) is 11.6. The van der Waals surface area contributed by atoms with Crippen molar-refractivity contribution in [3.63, 3.8) is 0 Å². The Morgan fingerprint density at radius 1 is 1.17 bits per heavy atom. The molecule has 3 aromatic rings. The number of nitrogens with zero attached hydrogens (tertiary/aromatic N) is 2. The number of rotatable bonds is 3. The molecule has 1 unspecified atom stereocenters. The number of hydrogen-bond acceptors (Lipinski definition) is 6. The van der Waals surface area contributed by atoms with Gasteiger partial charge >= 0.3 is 0 Å². The molecule has 1 atom stereocenters. The SMILES string of the molecule is Cc1nc(NCC2COc3ccccc3O2)c2c(C)c(C)sc2n1. The molecule has 1 aliphatic rings. The fourth-order valence-corrected chi connectivity index (χ4v) is 3.93. The zero-order valence-corrected chi connectivity index (χ0v) is 14.7. The van der Waals surface area contributed by atoms with Crippen LogP contribution in [0.15, 0.2) is 24.3 Å². The predicted molar refractivity (Wildman–Crippen MR) is 96.5 cm³/mol. The molecule has 0 aliphatic carbocycles. The Bertz CT molecular complexity index is 907. The van der Waals surface area contributed by atoms with Crippen LogP contribution in [0.5, 0.6) is 11.5 Å². The Hall–Kier alpha value is -2.34. The molecule has 24 heavy (non-hydrogen) atoms. The van der Waals surface area contributed by atoms with Crippen LogP contribution in [0.1, 0.15) is 16.3 Å². The minimum atomic E-state index is -0.0507. The van der Waals surface area contributed by atoms with Crippen LogP contribution in [-0.4, -0.2) is 29.2 Å². The van der Waals surface area contributed by atoms with E-state index in [1.807, 2.05) is 31.2 Å². The second kappa shape index (κ2) is 5.94. The van der Waals surface area contributed by atoms with Gasteiger partial charge < -0.3 is 14.8 Å². The third kappa shape index (κ3) is 2.67. The summed E-state index contributed by atoms with van der Waals surface area (Å²) in [6.07, 6.45) is -0.0507. The van der Waals surface area contributed by atoms with Crippen molar-refractivity contribution in [1.29, 1.82) is 0 Å². The van der Waals surface area contributed by atoms with Crippen molar-refractivity contribution in [2.24, 2.45) is 0 Å². The zero-order chi connectivity index (χ0) is 16.7. The lowest BCUT2D eigenvalue weighted by atomic mass is 10.2. The molecule has 1 aromatic carbocycles. The van der Waals surface area contributed by atoms with Crippen LogP contribution in [0.25, 0.3) is 10.2 Å². The van der Waals surface area contributed by atoms with Crippen LogP contribution in [-0.2, 0) is 0 Å². The molecule has 124 valence electrons. The van der Waals surface area contributed by atoms with E-state index >= 15 is 0 Å². The molecule has 0 saturated heterocycles. The molecule has 0 bridgehead atoms. The Morgan fingerprint density at radius 3 is 2.79 bits per heavy atom. The van der Waals surface area contributed by atoms with Gasteiger partial charge in [0.2, 0.25) is 0 Å². The van der Waals surface area contributed by atoms with Crippen molar-refractivity contribution in [2.75, 3.05) is 18.5 Å². The lowest BCUT2D eigenvalue weighted by Gasteiger charge is -2.26. The Morgan fingerprint density at radius 2 is 1.96 bits per heavy atom. The molecule has 0 spiro atoms. The maximum absolute atomic E-state index is 6.00. The standard InChI is InChI=1S/C18H19N3O2S/c1-10-11(2)24-18-16(10)17(20-12(3)21-18)19-8-13-9-22-14-6-4-5-7-15(14)23-13/h4-7,13H,8-9H2,1-3H3,(H,19,20,21). The van der Waals surface area contributed by atoms with Crippen molar-refractivity contribution >= 4 is 27.4 Å². The van der Waals surface area contributed by atoms with E-state index in [1.165, 1.54) is 10.4 Å². The van der Waals surface area contributed by atoms with E-state index in [2.05, 4.69) is 29.1 Å². The largest absolute Gasteiger partial charge is 0.486 e. The van der Waals surface area contributed by atoms with Crippen LogP contribution >= 0.6 is 11.3 Å². The molecule has 2 aromatic heterocycles. The van der Waals surface area contributed by atoms with Gasteiger partial charge in [-0.25, -0.2) is 9.97 Å². The summed E-state index contributed by atoms with van der Waals surface area (Å²) in [6, 6.07) is 7.75. The second-order valence-corrected chi connectivity index (χ2v) is 7.16. The number of aryl methyl sites for hydroxylation is 3. The summed E-state index contributed by atoms with van der Waals surface area (Å²) < 4.78 is 11.8. The van der Waals surface area contributed by atoms with Crippen molar-refractivity contribution in [3.8, 4) is 11.5 Å². The zero-order valence-electron chi connectivity index (χ0n) is 13.9. The van der Waals surface area contributed by atoms with E-state index in [0.29, 0.717) is 13.2 Å². The highest BCUT2D eigenvalue weighted by Crippen LogP contribution is 2.34. The summed E-state index contributed by atoms with van der Waals surface area (Å²) in [4.78, 5) is 11.5. The van der Waals surface area contributed by atoms with Crippen molar-refractivity contribution < 1.29 is 9.47 Å². The highest BCUT2D eigenvalue weighted by Gasteiger charge is 2.21. The number of aromatic nitrogens is 2. The van der Waals surface area contributed by atoms with Crippen LogP contribution in [0.2, 0.25) is 0 Å². The summed E-state index contributed by atoms with van der Waals surface area (Å²) in [5, 5.41) is 4.55. The minimum absolute atomic E-state index is 0.0507. The lowest BCUT2D eigenvalue weighted by molar-refractivity contribution is 0.0997. The normalized spacial score (nSPS) is 16.4. The number of hydrogen-bond donors (Lipinski definition) is 1. The quantitative estimate of drug-likeness (QED) is 0.784. The third-order valence-corrected chi connectivity index (χ3v) is 5.31. The summed E-state index contributed by atoms with van der Waals surface area (Å²) in [7, 11) is 0. The molecule has 4 rings (SSSR count). The van der Waals surface area contributed by atoms with Crippen molar-refractivity contribution in [2.45, 2.75) is 26.9 Å². The van der Waals surface area contributed by atoms with Crippen LogP contribution in [0.4, 0.5) is 5.82 Å². The van der Waals surface area contributed by atoms with Gasteiger partial charge in [0.15, 0.2) is 11.5 Å². The van der Waals surface area contributed by atoms with E-state index in [1.54, 1.807) is 11.3 Å². The van der Waals surface area contributed by atoms with Gasteiger partial charge in [0.1, 0.15) is 29.2 Å². The van der Waals surface area contributed by atoms with Gasteiger partial charge in [-0.3, -0.25) is 0 Å². The second-order valence-electron chi connectivity index (χ2n) is 5.96. The van der Waals surface area contributed by atoms with E-state index in [9.17, 15) is 0 Å². The number of anilines is 1. The number of fused-ring (bicyclic) bond motifs is 2. The molecule has 0 saturated carbocycles.